The van der Waals surface area contributed by atoms with Crippen molar-refractivity contribution in [2.45, 2.75) is 17.9 Å². The van der Waals surface area contributed by atoms with Gasteiger partial charge >= 0.3 is 59.1 Å². The van der Waals surface area contributed by atoms with Crippen molar-refractivity contribution in [3.8, 4) is 12.3 Å². The van der Waals surface area contributed by atoms with Gasteiger partial charge < -0.3 is 33.1 Å². The molecule has 0 radical (unpaired) electrons. The van der Waals surface area contributed by atoms with E-state index in [4.69, 9.17) is 6.42 Å². The maximum Gasteiger partial charge on any atom is 1.00 e. The first-order valence-electron chi connectivity index (χ1n) is 4.08. The van der Waals surface area contributed by atoms with Gasteiger partial charge in [0.25, 0.3) is 0 Å². The van der Waals surface area contributed by atoms with Crippen LogP contribution in [0.2, 0.25) is 0 Å². The van der Waals surface area contributed by atoms with Crippen molar-refractivity contribution >= 4 is 15.2 Å². The van der Waals surface area contributed by atoms with Crippen molar-refractivity contribution in [1.82, 2.24) is 0 Å². The van der Waals surface area contributed by atoms with Crippen molar-refractivity contribution in [2.75, 3.05) is 14.2 Å². The monoisotopic (exact) mass is 316 g/mol. The van der Waals surface area contributed by atoms with Crippen LogP contribution in [0.25, 0.3) is 0 Å². The van der Waals surface area contributed by atoms with Gasteiger partial charge in [-0.3, -0.25) is 0 Å². The van der Waals surface area contributed by atoms with Crippen molar-refractivity contribution < 1.29 is 92.2 Å². The predicted octanol–water partition coefficient (Wildman–Crippen LogP) is -6.55. The van der Waals surface area contributed by atoms with E-state index in [1.165, 1.54) is 0 Å². The number of aliphatic hydroxyl groups is 1. The van der Waals surface area contributed by atoms with E-state index in [9.17, 15) is 24.0 Å². The standard InChI is InChI=1S/C7H14O7P2.2Na/c1-4-5-6-7(8,15(9,10)13-2)16(11,12)14-3;;/h1,8H,5-6H2,2-3H3,(H,9,10)(H,11,12);;/q;2*+1/p-2. The molecule has 0 spiro atoms. The molecule has 11 heteroatoms. The SMILES string of the molecule is C#CCCC(O)(P(=O)([O-])OC)P(=O)([O-])OC.[Na+].[Na+]. The van der Waals surface area contributed by atoms with Gasteiger partial charge in [-0.1, -0.05) is 0 Å². The van der Waals surface area contributed by atoms with Gasteiger partial charge in [0.2, 0.25) is 0 Å². The van der Waals surface area contributed by atoms with Crippen LogP contribution in [0.15, 0.2) is 0 Å². The maximum atomic E-state index is 11.4. The van der Waals surface area contributed by atoms with Crippen LogP contribution in [0.1, 0.15) is 12.8 Å². The fourth-order valence-electron chi connectivity index (χ4n) is 0.956. The zero-order chi connectivity index (χ0) is 13.0. The number of hydrogen-bond donors (Lipinski definition) is 1. The Balaban J connectivity index is -0.00000112. The summed E-state index contributed by atoms with van der Waals surface area (Å²) in [5.74, 6) is 2.02. The van der Waals surface area contributed by atoms with E-state index in [1.54, 1.807) is 0 Å². The van der Waals surface area contributed by atoms with Crippen molar-refractivity contribution in [2.24, 2.45) is 0 Å². The summed E-state index contributed by atoms with van der Waals surface area (Å²) < 4.78 is 30.8. The van der Waals surface area contributed by atoms with Gasteiger partial charge in [0.05, 0.1) is 0 Å². The van der Waals surface area contributed by atoms with Crippen LogP contribution in [-0.2, 0) is 18.2 Å². The third kappa shape index (κ3) is 5.31. The first-order valence-corrected chi connectivity index (χ1v) is 7.16. The molecule has 0 amide bonds. The van der Waals surface area contributed by atoms with Gasteiger partial charge in [-0.25, -0.2) is 0 Å². The average molecular weight is 316 g/mol. The Morgan fingerprint density at radius 1 is 1.22 bits per heavy atom. The molecule has 0 saturated heterocycles. The minimum absolute atomic E-state index is 0. The summed E-state index contributed by atoms with van der Waals surface area (Å²) in [6.45, 7) is 0. The number of rotatable bonds is 6. The summed E-state index contributed by atoms with van der Waals surface area (Å²) in [6, 6.07) is 0. The van der Waals surface area contributed by atoms with Crippen molar-refractivity contribution in [3.05, 3.63) is 0 Å². The molecule has 94 valence electrons. The van der Waals surface area contributed by atoms with Gasteiger partial charge in [0.15, 0.2) is 20.3 Å². The normalized spacial score (nSPS) is 20.0. The first kappa shape index (κ1) is 24.8. The molecule has 18 heavy (non-hydrogen) atoms. The second-order valence-electron chi connectivity index (χ2n) is 2.84. The zero-order valence-electron chi connectivity index (χ0n) is 10.8. The minimum Gasteiger partial charge on any atom is -0.776 e. The van der Waals surface area contributed by atoms with E-state index in [0.717, 1.165) is 14.2 Å². The predicted molar refractivity (Wildman–Crippen MR) is 52.2 cm³/mol. The Kier molecular flexibility index (Phi) is 13.4. The van der Waals surface area contributed by atoms with Crippen LogP contribution < -0.4 is 68.9 Å². The Morgan fingerprint density at radius 3 is 1.78 bits per heavy atom. The second kappa shape index (κ2) is 9.70. The molecule has 0 aliphatic rings. The molecule has 1 N–H and O–H groups in total. The molecule has 0 aliphatic carbocycles. The molecule has 0 bridgehead atoms. The van der Waals surface area contributed by atoms with Gasteiger partial charge in [-0.2, -0.15) is 0 Å². The van der Waals surface area contributed by atoms with E-state index < -0.39 is 26.7 Å². The zero-order valence-corrected chi connectivity index (χ0v) is 16.6. The van der Waals surface area contributed by atoms with E-state index in [2.05, 4.69) is 9.05 Å². The average Bonchev–Trinajstić information content (AvgIpc) is 2.25. The fraction of sp³-hybridized carbons (Fsp3) is 0.714. The Bertz CT molecular complexity index is 356. The molecule has 0 saturated carbocycles. The van der Waals surface area contributed by atoms with Crippen LogP contribution in [-0.4, -0.2) is 24.4 Å². The van der Waals surface area contributed by atoms with E-state index in [-0.39, 0.29) is 65.5 Å². The second-order valence-corrected chi connectivity index (χ2v) is 7.39. The molecular formula is C7H12Na2O7P2. The molecule has 0 aliphatic heterocycles. The summed E-state index contributed by atoms with van der Waals surface area (Å²) in [4.78, 5) is 22.7. The molecule has 2 unspecified atom stereocenters. The van der Waals surface area contributed by atoms with Crippen LogP contribution in [0.5, 0.6) is 0 Å². The van der Waals surface area contributed by atoms with Gasteiger partial charge in [-0.15, -0.1) is 12.3 Å². The Morgan fingerprint density at radius 2 is 1.56 bits per heavy atom. The molecular weight excluding hydrogens is 304 g/mol. The van der Waals surface area contributed by atoms with Crippen LogP contribution in [0.4, 0.5) is 0 Å². The first-order chi connectivity index (χ1) is 7.18. The Hall–Kier alpha value is 1.82. The summed E-state index contributed by atoms with van der Waals surface area (Å²) >= 11 is 0. The van der Waals surface area contributed by atoms with E-state index >= 15 is 0 Å². The van der Waals surface area contributed by atoms with Gasteiger partial charge in [0.1, 0.15) is 0 Å². The molecule has 0 fully saturated rings. The summed E-state index contributed by atoms with van der Waals surface area (Å²) in [5, 5.41) is 6.56. The summed E-state index contributed by atoms with van der Waals surface area (Å²) in [5.41, 5.74) is 0. The fourth-order valence-corrected chi connectivity index (χ4v) is 4.00. The van der Waals surface area contributed by atoms with Crippen molar-refractivity contribution in [1.29, 1.82) is 0 Å². The van der Waals surface area contributed by atoms with Crippen molar-refractivity contribution in [3.63, 3.8) is 0 Å². The molecule has 0 aromatic rings. The molecule has 0 aromatic heterocycles. The maximum absolute atomic E-state index is 11.4. The molecule has 7 nitrogen and oxygen atoms in total. The van der Waals surface area contributed by atoms with Gasteiger partial charge in [0, 0.05) is 27.1 Å². The molecule has 2 atom stereocenters. The Labute approximate surface area is 150 Å². The van der Waals surface area contributed by atoms with Crippen LogP contribution in [0, 0.1) is 12.3 Å². The van der Waals surface area contributed by atoms with Gasteiger partial charge in [-0.05, 0) is 0 Å². The van der Waals surface area contributed by atoms with E-state index in [0.29, 0.717) is 0 Å². The number of hydrogen-bond acceptors (Lipinski definition) is 7. The molecule has 0 heterocycles. The van der Waals surface area contributed by atoms with Crippen LogP contribution in [0.3, 0.4) is 0 Å². The number of terminal acetylenes is 1. The third-order valence-electron chi connectivity index (χ3n) is 1.96. The quantitative estimate of drug-likeness (QED) is 0.294. The van der Waals surface area contributed by atoms with E-state index in [1.807, 2.05) is 5.92 Å². The largest absolute Gasteiger partial charge is 1.00 e. The molecule has 0 rings (SSSR count). The summed E-state index contributed by atoms with van der Waals surface area (Å²) in [7, 11) is -8.63. The third-order valence-corrected chi connectivity index (χ3v) is 6.60. The topological polar surface area (TPSA) is 119 Å². The summed E-state index contributed by atoms with van der Waals surface area (Å²) in [6.07, 6.45) is 3.90. The van der Waals surface area contributed by atoms with Crippen LogP contribution >= 0.6 is 15.2 Å². The minimum atomic E-state index is -5.05. The smallest absolute Gasteiger partial charge is 0.776 e. The molecule has 0 aromatic carbocycles.